The van der Waals surface area contributed by atoms with Crippen LogP contribution < -0.4 is 0 Å². The predicted molar refractivity (Wildman–Crippen MR) is 101 cm³/mol. The molecule has 140 valence electrons. The van der Waals surface area contributed by atoms with Gasteiger partial charge in [0.15, 0.2) is 0 Å². The molecule has 24 heavy (non-hydrogen) atoms. The highest BCUT2D eigenvalue weighted by Crippen LogP contribution is 2.44. The molecule has 1 aliphatic heterocycles. The minimum Gasteiger partial charge on any atom is -0.591 e. The van der Waals surface area contributed by atoms with Gasteiger partial charge in [-0.3, -0.25) is 0 Å². The van der Waals surface area contributed by atoms with Crippen molar-refractivity contribution in [3.05, 3.63) is 0 Å². The van der Waals surface area contributed by atoms with Gasteiger partial charge in [0.2, 0.25) is 0 Å². The van der Waals surface area contributed by atoms with Crippen molar-refractivity contribution in [3.63, 3.8) is 0 Å². The minimum atomic E-state index is -1.19. The zero-order valence-corrected chi connectivity index (χ0v) is 17.1. The first-order valence-electron chi connectivity index (χ1n) is 8.72. The quantitative estimate of drug-likeness (QED) is 0.431. The van der Waals surface area contributed by atoms with Crippen LogP contribution in [-0.4, -0.2) is 43.7 Å². The molecule has 0 aromatic heterocycles. The summed E-state index contributed by atoms with van der Waals surface area (Å²) >= 11 is -1.19. The largest absolute Gasteiger partial charge is 0.591 e. The lowest BCUT2D eigenvalue weighted by Crippen LogP contribution is -2.41. The Morgan fingerprint density at radius 3 is 2.42 bits per heavy atom. The normalized spacial score (nSPS) is 23.0. The van der Waals surface area contributed by atoms with Gasteiger partial charge < -0.3 is 14.6 Å². The van der Waals surface area contributed by atoms with Gasteiger partial charge in [-0.05, 0) is 71.6 Å². The Morgan fingerprint density at radius 2 is 1.96 bits per heavy atom. The first-order valence-corrected chi connectivity index (χ1v) is 9.83. The number of likely N-dealkylation sites (tertiary alicyclic amines) is 1. The summed E-state index contributed by atoms with van der Waals surface area (Å²) in [5.41, 5.74) is -0.211. The molecule has 1 N–H and O–H groups in total. The van der Waals surface area contributed by atoms with E-state index in [0.29, 0.717) is 12.5 Å². The van der Waals surface area contributed by atoms with Crippen molar-refractivity contribution >= 4 is 23.7 Å². The van der Waals surface area contributed by atoms with Crippen LogP contribution in [0.25, 0.3) is 0 Å². The Labute approximate surface area is 150 Å². The van der Waals surface area contributed by atoms with Crippen molar-refractivity contribution in [1.29, 1.82) is 0 Å². The molecule has 0 bridgehead atoms. The van der Waals surface area contributed by atoms with E-state index in [4.69, 9.17) is 0 Å². The lowest BCUT2D eigenvalue weighted by molar-refractivity contribution is 0.115. The number of carboxylic acid groups (broad SMARTS) is 1. The molecule has 0 spiro atoms. The molecule has 1 rings (SSSR count). The van der Waals surface area contributed by atoms with E-state index in [0.717, 1.165) is 25.7 Å². The van der Waals surface area contributed by atoms with Crippen LogP contribution in [0, 0.1) is 11.3 Å². The third kappa shape index (κ3) is 5.66. The summed E-state index contributed by atoms with van der Waals surface area (Å²) < 4.78 is 15.7. The van der Waals surface area contributed by atoms with E-state index in [1.54, 1.807) is 11.1 Å². The molecule has 0 radical (unpaired) electrons. The molecule has 1 saturated heterocycles. The smallest absolute Gasteiger partial charge is 0.407 e. The fourth-order valence-corrected chi connectivity index (χ4v) is 3.79. The predicted octanol–water partition coefficient (Wildman–Crippen LogP) is 4.49. The van der Waals surface area contributed by atoms with E-state index in [2.05, 4.69) is 18.2 Å². The maximum absolute atomic E-state index is 11.9. The first-order chi connectivity index (χ1) is 10.8. The lowest BCUT2D eigenvalue weighted by atomic mass is 9.73. The van der Waals surface area contributed by atoms with Gasteiger partial charge in [-0.25, -0.2) is 4.79 Å². The number of hydrogen-bond acceptors (Lipinski definition) is 3. The standard InChI is InChI=1S/C18H34N2O3S/c1-16(2,3)24(23)19-11-9-8-10-17(4,5)14-12-18(6,7)20(13-14)15(21)22/h11,14H,8-10,12-13H2,1-7H3,(H,21,22)/b19-11-/t14-,24?/m1/s1. The second kappa shape index (κ2) is 7.65. The third-order valence-electron chi connectivity index (χ3n) is 5.06. The zero-order chi connectivity index (χ0) is 18.8. The molecule has 1 amide bonds. The monoisotopic (exact) mass is 358 g/mol. The van der Waals surface area contributed by atoms with Crippen LogP contribution in [0.15, 0.2) is 4.40 Å². The molecule has 1 aliphatic rings. The summed E-state index contributed by atoms with van der Waals surface area (Å²) in [5, 5.41) is 9.38. The number of nitrogens with zero attached hydrogens (tertiary/aromatic N) is 2. The Bertz CT molecular complexity index is 469. The van der Waals surface area contributed by atoms with E-state index in [-0.39, 0.29) is 15.7 Å². The van der Waals surface area contributed by atoms with E-state index >= 15 is 0 Å². The first kappa shape index (κ1) is 21.3. The Morgan fingerprint density at radius 1 is 1.38 bits per heavy atom. The third-order valence-corrected chi connectivity index (χ3v) is 6.45. The second-order valence-electron chi connectivity index (χ2n) is 9.14. The summed E-state index contributed by atoms with van der Waals surface area (Å²) in [6.45, 7) is 14.8. The van der Waals surface area contributed by atoms with Gasteiger partial charge in [0.05, 0.1) is 6.21 Å². The molecular formula is C18H34N2O3S. The second-order valence-corrected chi connectivity index (χ2v) is 11.1. The molecular weight excluding hydrogens is 324 g/mol. The van der Waals surface area contributed by atoms with Crippen LogP contribution in [0.1, 0.15) is 74.1 Å². The summed E-state index contributed by atoms with van der Waals surface area (Å²) in [6, 6.07) is 0. The molecule has 0 aromatic rings. The maximum Gasteiger partial charge on any atom is 0.407 e. The van der Waals surface area contributed by atoms with Gasteiger partial charge in [-0.1, -0.05) is 18.2 Å². The topological polar surface area (TPSA) is 76.0 Å². The molecule has 2 atom stereocenters. The average Bonchev–Trinajstić information content (AvgIpc) is 2.73. The van der Waals surface area contributed by atoms with Gasteiger partial charge in [0.25, 0.3) is 0 Å². The molecule has 0 saturated carbocycles. The number of unbranched alkanes of at least 4 members (excludes halogenated alkanes) is 1. The maximum atomic E-state index is 11.9. The highest BCUT2D eigenvalue weighted by molar-refractivity contribution is 7.91. The molecule has 1 unspecified atom stereocenters. The molecule has 0 aliphatic carbocycles. The Hall–Kier alpha value is -0.750. The van der Waals surface area contributed by atoms with Gasteiger partial charge in [0, 0.05) is 12.1 Å². The van der Waals surface area contributed by atoms with Crippen molar-refractivity contribution in [2.45, 2.75) is 84.4 Å². The van der Waals surface area contributed by atoms with Crippen molar-refractivity contribution < 1.29 is 14.5 Å². The summed E-state index contributed by atoms with van der Waals surface area (Å²) in [4.78, 5) is 13.0. The van der Waals surface area contributed by atoms with Gasteiger partial charge in [-0.15, -0.1) is 0 Å². The Kier molecular flexibility index (Phi) is 6.78. The minimum absolute atomic E-state index is 0.0818. The van der Waals surface area contributed by atoms with E-state index in [9.17, 15) is 14.5 Å². The van der Waals surface area contributed by atoms with Gasteiger partial charge >= 0.3 is 6.09 Å². The SMILES string of the molecule is CC(C)(CCC/C=N\[S+]([O-])C(C)(C)C)[C@H]1CN(C(=O)O)C(C)(C)C1. The molecule has 1 heterocycles. The van der Waals surface area contributed by atoms with E-state index in [1.807, 2.05) is 34.6 Å². The molecule has 0 aromatic carbocycles. The lowest BCUT2D eigenvalue weighted by Gasteiger charge is -2.31. The van der Waals surface area contributed by atoms with Gasteiger partial charge in [-0.2, -0.15) is 0 Å². The summed E-state index contributed by atoms with van der Waals surface area (Å²) in [7, 11) is 0. The average molecular weight is 359 g/mol. The van der Waals surface area contributed by atoms with Crippen LogP contribution in [0.2, 0.25) is 0 Å². The van der Waals surface area contributed by atoms with Crippen molar-refractivity contribution in [2.24, 2.45) is 15.7 Å². The van der Waals surface area contributed by atoms with E-state index < -0.39 is 17.5 Å². The van der Waals surface area contributed by atoms with Crippen LogP contribution in [0.3, 0.4) is 0 Å². The summed E-state index contributed by atoms with van der Waals surface area (Å²) in [6.07, 6.45) is 4.64. The van der Waals surface area contributed by atoms with Crippen LogP contribution in [0.4, 0.5) is 4.79 Å². The molecule has 6 heteroatoms. The summed E-state index contributed by atoms with van der Waals surface area (Å²) in [5.74, 6) is 0.365. The van der Waals surface area contributed by atoms with Gasteiger partial charge in [0.1, 0.15) is 16.1 Å². The Balaban J connectivity index is 2.50. The highest BCUT2D eigenvalue weighted by atomic mass is 32.2. The molecule has 5 nitrogen and oxygen atoms in total. The van der Waals surface area contributed by atoms with Crippen molar-refractivity contribution in [2.75, 3.05) is 6.54 Å². The van der Waals surface area contributed by atoms with E-state index in [1.165, 1.54) is 0 Å². The number of hydrogen-bond donors (Lipinski definition) is 1. The number of carbonyl (C=O) groups is 1. The highest BCUT2D eigenvalue weighted by Gasteiger charge is 2.46. The van der Waals surface area contributed by atoms with Crippen LogP contribution in [0.5, 0.6) is 0 Å². The van der Waals surface area contributed by atoms with Crippen molar-refractivity contribution in [3.8, 4) is 0 Å². The van der Waals surface area contributed by atoms with Crippen LogP contribution in [-0.2, 0) is 11.4 Å². The van der Waals surface area contributed by atoms with Crippen LogP contribution >= 0.6 is 0 Å². The molecule has 1 fully saturated rings. The fourth-order valence-electron chi connectivity index (χ4n) is 3.24. The number of rotatable bonds is 6. The zero-order valence-electron chi connectivity index (χ0n) is 16.3. The van der Waals surface area contributed by atoms with Crippen molar-refractivity contribution in [1.82, 2.24) is 4.90 Å². The fraction of sp³-hybridized carbons (Fsp3) is 0.889. The number of amides is 1.